The Labute approximate surface area is 254 Å². The van der Waals surface area contributed by atoms with Crippen LogP contribution in [0.25, 0.3) is 0 Å². The van der Waals surface area contributed by atoms with Gasteiger partial charge in [-0.25, -0.2) is 9.29 Å². The third-order valence-electron chi connectivity index (χ3n) is 8.48. The van der Waals surface area contributed by atoms with E-state index in [4.69, 9.17) is 18.9 Å². The Kier molecular flexibility index (Phi) is 9.83. The molecule has 0 saturated carbocycles. The normalized spacial score (nSPS) is 25.5. The van der Waals surface area contributed by atoms with Crippen LogP contribution in [0.2, 0.25) is 0 Å². The molecule has 2 heterocycles. The zero-order valence-corrected chi connectivity index (χ0v) is 25.4. The van der Waals surface area contributed by atoms with Crippen molar-refractivity contribution in [3.05, 3.63) is 64.5 Å². The summed E-state index contributed by atoms with van der Waals surface area (Å²) >= 11 is 0. The van der Waals surface area contributed by atoms with Crippen molar-refractivity contribution < 1.29 is 41.3 Å². The van der Waals surface area contributed by atoms with Crippen molar-refractivity contribution in [1.82, 2.24) is 15.1 Å². The van der Waals surface area contributed by atoms with Gasteiger partial charge in [0.1, 0.15) is 23.7 Å². The number of carbonyl (C=O) groups is 1. The van der Waals surface area contributed by atoms with Gasteiger partial charge in [-0.1, -0.05) is 18.2 Å². The highest BCUT2D eigenvalue weighted by Crippen LogP contribution is 2.52. The van der Waals surface area contributed by atoms with Crippen LogP contribution >= 0.6 is 0 Å². The third kappa shape index (κ3) is 6.31. The van der Waals surface area contributed by atoms with Gasteiger partial charge in [0.2, 0.25) is 12.3 Å². The van der Waals surface area contributed by atoms with Crippen LogP contribution < -0.4 is 10.6 Å². The van der Waals surface area contributed by atoms with Gasteiger partial charge in [-0.2, -0.15) is 13.2 Å². The molecule has 1 spiro atoms. The van der Waals surface area contributed by atoms with Gasteiger partial charge in [-0.3, -0.25) is 10.1 Å². The van der Waals surface area contributed by atoms with Gasteiger partial charge in [-0.15, -0.1) is 0 Å². The highest BCUT2D eigenvalue weighted by molar-refractivity contribution is 5.79. The van der Waals surface area contributed by atoms with E-state index in [2.05, 4.69) is 10.6 Å². The number of fused-ring (bicyclic) bond motifs is 4. The molecule has 1 saturated heterocycles. The summed E-state index contributed by atoms with van der Waals surface area (Å²) in [4.78, 5) is 16.1. The van der Waals surface area contributed by atoms with Crippen LogP contribution in [0.5, 0.6) is 0 Å². The van der Waals surface area contributed by atoms with Gasteiger partial charge < -0.3 is 29.2 Å². The van der Waals surface area contributed by atoms with Gasteiger partial charge in [0.25, 0.3) is 0 Å². The topological polar surface area (TPSA) is 84.5 Å². The first-order valence-corrected chi connectivity index (χ1v) is 15.1. The lowest BCUT2D eigenvalue weighted by Gasteiger charge is -2.36. The quantitative estimate of drug-likeness (QED) is 0.346. The predicted octanol–water partition coefficient (Wildman–Crippen LogP) is 4.80. The predicted molar refractivity (Wildman–Crippen MR) is 153 cm³/mol. The number of rotatable bonds is 11. The molecule has 5 rings (SSSR count). The highest BCUT2D eigenvalue weighted by atomic mass is 19.4. The number of amides is 1. The molecule has 1 fully saturated rings. The molecule has 13 heteroatoms. The van der Waals surface area contributed by atoms with Crippen LogP contribution in [0.1, 0.15) is 56.4 Å². The number of nitrogens with one attached hydrogen (secondary N) is 2. The van der Waals surface area contributed by atoms with E-state index in [0.29, 0.717) is 31.6 Å². The monoisotopic (exact) mass is 624 g/mol. The first-order chi connectivity index (χ1) is 21.0. The Morgan fingerprint density at radius 3 is 2.43 bits per heavy atom. The summed E-state index contributed by atoms with van der Waals surface area (Å²) in [5.74, 6) is -1.30. The Morgan fingerprint density at radius 1 is 1.07 bits per heavy atom. The van der Waals surface area contributed by atoms with Crippen molar-refractivity contribution in [1.29, 1.82) is 0 Å². The molecule has 3 aliphatic rings. The molecular weight excluding hydrogens is 584 g/mol. The molecular formula is C31H40F4N4O5. The summed E-state index contributed by atoms with van der Waals surface area (Å²) in [7, 11) is 0. The van der Waals surface area contributed by atoms with Crippen molar-refractivity contribution in [2.24, 2.45) is 0 Å². The van der Waals surface area contributed by atoms with Crippen LogP contribution in [0.3, 0.4) is 0 Å². The lowest BCUT2D eigenvalue weighted by molar-refractivity contribution is -0.211. The average Bonchev–Trinajstić information content (AvgIpc) is 3.50. The van der Waals surface area contributed by atoms with E-state index in [1.165, 1.54) is 12.1 Å². The molecule has 242 valence electrons. The molecule has 4 unspecified atom stereocenters. The Bertz CT molecular complexity index is 1310. The number of hydrogen-bond donors (Lipinski definition) is 2. The van der Waals surface area contributed by atoms with Crippen molar-refractivity contribution in [2.45, 2.75) is 90.4 Å². The number of ether oxygens (including phenoxy) is 4. The number of nitrogens with zero attached hydrogens (tertiary/aromatic N) is 2. The second-order valence-corrected chi connectivity index (χ2v) is 11.1. The molecule has 2 aromatic carbocycles. The number of benzene rings is 2. The van der Waals surface area contributed by atoms with E-state index in [-0.39, 0.29) is 26.1 Å². The standard InChI is InChI=1S/C31H40F4N4O5/c1-5-41-27-30(15-14-22-23-16-36-28(42-6-2)37-25(23)13-12-24(22)30)44-29(43-7-3)39(27)18-26(40)38(19(4)31(33,34)35)17-20-8-10-21(32)11-9-20/h8-13,19,27-29,36-37H,5-7,14-18H2,1-4H3/t19-,27?,28?,29?,30?/m0/s1. The minimum Gasteiger partial charge on any atom is -0.360 e. The molecule has 5 atom stereocenters. The number of halogens is 4. The number of alkyl halides is 3. The summed E-state index contributed by atoms with van der Waals surface area (Å²) < 4.78 is 80.0. The van der Waals surface area contributed by atoms with Gasteiger partial charge >= 0.3 is 6.18 Å². The number of anilines is 1. The molecule has 2 aromatic rings. The second-order valence-electron chi connectivity index (χ2n) is 11.1. The molecule has 2 aliphatic heterocycles. The van der Waals surface area contributed by atoms with Gasteiger partial charge in [0, 0.05) is 38.6 Å². The molecule has 0 bridgehead atoms. The van der Waals surface area contributed by atoms with E-state index >= 15 is 0 Å². The Balaban J connectivity index is 1.46. The largest absolute Gasteiger partial charge is 0.408 e. The SMILES string of the molecule is CCOC1NCc2c(ccc3c2CCC32OC(OCC)N(CC(=O)N(Cc3ccc(F)cc3)[C@@H](C)C(F)(F)F)C2OCC)N1. The van der Waals surface area contributed by atoms with Crippen LogP contribution in [-0.2, 0) is 48.9 Å². The maximum Gasteiger partial charge on any atom is 0.408 e. The minimum absolute atomic E-state index is 0.242. The fraction of sp³-hybridized carbons (Fsp3) is 0.581. The molecule has 9 nitrogen and oxygen atoms in total. The van der Waals surface area contributed by atoms with E-state index in [1.807, 2.05) is 26.0 Å². The molecule has 1 aliphatic carbocycles. The fourth-order valence-corrected chi connectivity index (χ4v) is 6.34. The van der Waals surface area contributed by atoms with Gasteiger partial charge in [0.05, 0.1) is 6.54 Å². The lowest BCUT2D eigenvalue weighted by atomic mass is 9.91. The first-order valence-electron chi connectivity index (χ1n) is 15.1. The zero-order valence-electron chi connectivity index (χ0n) is 25.4. The van der Waals surface area contributed by atoms with Crippen molar-refractivity contribution in [2.75, 3.05) is 31.7 Å². The first kappa shape index (κ1) is 32.6. The lowest BCUT2D eigenvalue weighted by Crippen LogP contribution is -2.53. The van der Waals surface area contributed by atoms with Crippen LogP contribution in [0, 0.1) is 5.82 Å². The van der Waals surface area contributed by atoms with Crippen LogP contribution in [0.4, 0.5) is 23.2 Å². The summed E-state index contributed by atoms with van der Waals surface area (Å²) in [6.07, 6.45) is -5.61. The van der Waals surface area contributed by atoms with Gasteiger partial charge in [-0.05, 0) is 81.0 Å². The Morgan fingerprint density at radius 2 is 1.77 bits per heavy atom. The smallest absolute Gasteiger partial charge is 0.360 e. The van der Waals surface area contributed by atoms with E-state index in [1.54, 1.807) is 11.8 Å². The molecule has 2 N–H and O–H groups in total. The van der Waals surface area contributed by atoms with E-state index in [0.717, 1.165) is 46.3 Å². The highest BCUT2D eigenvalue weighted by Gasteiger charge is 2.59. The van der Waals surface area contributed by atoms with Crippen molar-refractivity contribution in [3.8, 4) is 0 Å². The molecule has 0 aromatic heterocycles. The summed E-state index contributed by atoms with van der Waals surface area (Å²) in [6.45, 7) is 7.31. The minimum atomic E-state index is -4.68. The van der Waals surface area contributed by atoms with Crippen LogP contribution in [0.15, 0.2) is 36.4 Å². The summed E-state index contributed by atoms with van der Waals surface area (Å²) in [5, 5.41) is 6.70. The molecule has 1 amide bonds. The van der Waals surface area contributed by atoms with Crippen molar-refractivity contribution >= 4 is 11.6 Å². The summed E-state index contributed by atoms with van der Waals surface area (Å²) in [6, 6.07) is 6.91. The zero-order chi connectivity index (χ0) is 31.6. The van der Waals surface area contributed by atoms with Crippen molar-refractivity contribution in [3.63, 3.8) is 0 Å². The summed E-state index contributed by atoms with van der Waals surface area (Å²) in [5.41, 5.74) is 3.40. The molecule has 44 heavy (non-hydrogen) atoms. The van der Waals surface area contributed by atoms with Crippen LogP contribution in [-0.4, -0.2) is 73.3 Å². The Hall–Kier alpha value is -2.81. The number of carbonyl (C=O) groups excluding carboxylic acids is 1. The number of hydrogen-bond acceptors (Lipinski definition) is 8. The maximum atomic E-state index is 14.0. The third-order valence-corrected chi connectivity index (χ3v) is 8.48. The fourth-order valence-electron chi connectivity index (χ4n) is 6.34. The second kappa shape index (κ2) is 13.3. The average molecular weight is 625 g/mol. The van der Waals surface area contributed by atoms with E-state index in [9.17, 15) is 22.4 Å². The van der Waals surface area contributed by atoms with E-state index < -0.39 is 48.7 Å². The molecule has 0 radical (unpaired) electrons. The maximum absolute atomic E-state index is 14.0. The van der Waals surface area contributed by atoms with Gasteiger partial charge in [0.15, 0.2) is 6.35 Å².